The second kappa shape index (κ2) is 4.84. The molecule has 0 N–H and O–H groups in total. The molecule has 12 heavy (non-hydrogen) atoms. The maximum atomic E-state index is 6.17. The van der Waals surface area contributed by atoms with Gasteiger partial charge in [0, 0.05) is 0 Å². The molecule has 0 aliphatic heterocycles. The first-order chi connectivity index (χ1) is 5.27. The first-order valence-corrected chi connectivity index (χ1v) is 11.7. The quantitative estimate of drug-likeness (QED) is 0.554. The van der Waals surface area contributed by atoms with E-state index in [-0.39, 0.29) is 0 Å². The summed E-state index contributed by atoms with van der Waals surface area (Å²) < 4.78 is 6.17. The molecule has 4 heteroatoms. The van der Waals surface area contributed by atoms with Gasteiger partial charge in [-0.15, -0.1) is 0 Å². The van der Waals surface area contributed by atoms with E-state index in [0.717, 1.165) is 5.75 Å². The van der Waals surface area contributed by atoms with E-state index >= 15 is 0 Å². The highest BCUT2D eigenvalue weighted by atomic mass is 32.1. The standard InChI is InChI=1S/C8H22OSSi2/c1-11(2,3)9-12(4,5)8-6-7-10/h10H,6-8H2,1-5H3. The van der Waals surface area contributed by atoms with Gasteiger partial charge >= 0.3 is 0 Å². The lowest BCUT2D eigenvalue weighted by Gasteiger charge is -2.31. The molecule has 0 aromatic carbocycles. The lowest BCUT2D eigenvalue weighted by Crippen LogP contribution is -2.42. The summed E-state index contributed by atoms with van der Waals surface area (Å²) in [6.07, 6.45) is 1.20. The van der Waals surface area contributed by atoms with Gasteiger partial charge in [0.25, 0.3) is 0 Å². The Balaban J connectivity index is 3.86. The van der Waals surface area contributed by atoms with Crippen LogP contribution in [0.25, 0.3) is 0 Å². The summed E-state index contributed by atoms with van der Waals surface area (Å²) in [4.78, 5) is 0. The molecular formula is C8H22OSSi2. The monoisotopic (exact) mass is 222 g/mol. The zero-order valence-electron chi connectivity index (χ0n) is 8.98. The van der Waals surface area contributed by atoms with Gasteiger partial charge in [-0.1, -0.05) is 0 Å². The lowest BCUT2D eigenvalue weighted by molar-refractivity contribution is 0.546. The van der Waals surface area contributed by atoms with Crippen molar-refractivity contribution in [1.29, 1.82) is 0 Å². The summed E-state index contributed by atoms with van der Waals surface area (Å²) in [5.74, 6) is 0.992. The van der Waals surface area contributed by atoms with Crippen LogP contribution in [0.2, 0.25) is 38.8 Å². The molecule has 0 amide bonds. The van der Waals surface area contributed by atoms with Gasteiger partial charge in [0.1, 0.15) is 0 Å². The highest BCUT2D eigenvalue weighted by Crippen LogP contribution is 2.19. The van der Waals surface area contributed by atoms with Gasteiger partial charge in [0.15, 0.2) is 16.6 Å². The molecule has 0 atom stereocenters. The van der Waals surface area contributed by atoms with E-state index < -0.39 is 16.6 Å². The molecular weight excluding hydrogens is 200 g/mol. The fourth-order valence-electron chi connectivity index (χ4n) is 1.38. The second-order valence-corrected chi connectivity index (χ2v) is 14.3. The maximum absolute atomic E-state index is 6.17. The first kappa shape index (κ1) is 12.7. The highest BCUT2D eigenvalue weighted by molar-refractivity contribution is 7.80. The summed E-state index contributed by atoms with van der Waals surface area (Å²) in [7, 11) is -2.65. The molecule has 74 valence electrons. The molecule has 0 saturated carbocycles. The summed E-state index contributed by atoms with van der Waals surface area (Å²) in [5, 5.41) is 0. The van der Waals surface area contributed by atoms with Crippen molar-refractivity contribution in [3.63, 3.8) is 0 Å². The average molecular weight is 223 g/mol. The number of rotatable bonds is 5. The molecule has 0 aromatic rings. The van der Waals surface area contributed by atoms with Gasteiger partial charge in [-0.3, -0.25) is 0 Å². The Kier molecular flexibility index (Phi) is 5.13. The molecule has 0 aromatic heterocycles. The Labute approximate surface area is 84.6 Å². The zero-order chi connectivity index (χ0) is 9.83. The zero-order valence-corrected chi connectivity index (χ0v) is 11.9. The maximum Gasteiger partial charge on any atom is 0.173 e. The Morgan fingerprint density at radius 1 is 1.08 bits per heavy atom. The minimum Gasteiger partial charge on any atom is -0.456 e. The smallest absolute Gasteiger partial charge is 0.173 e. The minimum atomic E-state index is -1.35. The van der Waals surface area contributed by atoms with Crippen LogP contribution >= 0.6 is 12.6 Å². The molecule has 0 unspecified atom stereocenters. The third kappa shape index (κ3) is 7.40. The van der Waals surface area contributed by atoms with Crippen LogP contribution in [-0.2, 0) is 4.12 Å². The third-order valence-electron chi connectivity index (χ3n) is 1.52. The van der Waals surface area contributed by atoms with Gasteiger partial charge in [-0.05, 0) is 51.0 Å². The number of thiol groups is 1. The van der Waals surface area contributed by atoms with E-state index in [9.17, 15) is 0 Å². The predicted octanol–water partition coefficient (Wildman–Crippen LogP) is 3.36. The van der Waals surface area contributed by atoms with Gasteiger partial charge < -0.3 is 4.12 Å². The normalized spacial score (nSPS) is 13.5. The average Bonchev–Trinajstić information content (AvgIpc) is 1.78. The van der Waals surface area contributed by atoms with Crippen molar-refractivity contribution in [3.05, 3.63) is 0 Å². The molecule has 0 heterocycles. The van der Waals surface area contributed by atoms with Crippen molar-refractivity contribution in [1.82, 2.24) is 0 Å². The summed E-state index contributed by atoms with van der Waals surface area (Å²) in [6, 6.07) is 1.25. The van der Waals surface area contributed by atoms with Crippen molar-refractivity contribution in [2.24, 2.45) is 0 Å². The van der Waals surface area contributed by atoms with Crippen molar-refractivity contribution in [2.75, 3.05) is 5.75 Å². The van der Waals surface area contributed by atoms with E-state index in [0.29, 0.717) is 0 Å². The molecule has 0 fully saturated rings. The molecule has 0 aliphatic rings. The topological polar surface area (TPSA) is 9.23 Å². The van der Waals surface area contributed by atoms with Gasteiger partial charge in [-0.2, -0.15) is 12.6 Å². The predicted molar refractivity (Wildman–Crippen MR) is 65.2 cm³/mol. The van der Waals surface area contributed by atoms with E-state index in [1.807, 2.05) is 0 Å². The molecule has 0 saturated heterocycles. The van der Waals surface area contributed by atoms with Gasteiger partial charge in [0.05, 0.1) is 0 Å². The van der Waals surface area contributed by atoms with Crippen LogP contribution in [0.4, 0.5) is 0 Å². The van der Waals surface area contributed by atoms with Crippen LogP contribution < -0.4 is 0 Å². The number of hydrogen-bond acceptors (Lipinski definition) is 2. The highest BCUT2D eigenvalue weighted by Gasteiger charge is 2.28. The van der Waals surface area contributed by atoms with E-state index in [1.54, 1.807) is 0 Å². The van der Waals surface area contributed by atoms with Gasteiger partial charge in [-0.25, -0.2) is 0 Å². The van der Waals surface area contributed by atoms with Gasteiger partial charge in [0.2, 0.25) is 0 Å². The molecule has 0 aliphatic carbocycles. The van der Waals surface area contributed by atoms with E-state index in [4.69, 9.17) is 4.12 Å². The first-order valence-electron chi connectivity index (χ1n) is 4.58. The number of hydrogen-bond donors (Lipinski definition) is 1. The van der Waals surface area contributed by atoms with E-state index in [1.165, 1.54) is 12.5 Å². The van der Waals surface area contributed by atoms with Crippen LogP contribution in [0.5, 0.6) is 0 Å². The fraction of sp³-hybridized carbons (Fsp3) is 1.00. The molecule has 1 nitrogen and oxygen atoms in total. The fourth-order valence-corrected chi connectivity index (χ4v) is 9.91. The Morgan fingerprint density at radius 2 is 1.58 bits per heavy atom. The van der Waals surface area contributed by atoms with E-state index in [2.05, 4.69) is 45.4 Å². The Hall–Kier alpha value is 0.744. The van der Waals surface area contributed by atoms with Crippen molar-refractivity contribution >= 4 is 29.3 Å². The molecule has 0 bridgehead atoms. The van der Waals surface area contributed by atoms with Crippen molar-refractivity contribution in [3.8, 4) is 0 Å². The summed E-state index contributed by atoms with van der Waals surface area (Å²) in [5.41, 5.74) is 0. The lowest BCUT2D eigenvalue weighted by atomic mass is 10.6. The Bertz CT molecular complexity index is 132. The Morgan fingerprint density at radius 3 is 1.92 bits per heavy atom. The SMILES string of the molecule is C[Si](C)(C)O[Si](C)(C)CCCS. The van der Waals surface area contributed by atoms with Crippen LogP contribution in [0.15, 0.2) is 0 Å². The largest absolute Gasteiger partial charge is 0.456 e. The second-order valence-electron chi connectivity index (χ2n) is 4.80. The summed E-state index contributed by atoms with van der Waals surface area (Å²) in [6.45, 7) is 11.4. The summed E-state index contributed by atoms with van der Waals surface area (Å²) >= 11 is 4.22. The van der Waals surface area contributed by atoms with Crippen molar-refractivity contribution < 1.29 is 4.12 Å². The molecule has 0 radical (unpaired) electrons. The van der Waals surface area contributed by atoms with Crippen LogP contribution in [-0.4, -0.2) is 22.4 Å². The molecule has 0 spiro atoms. The molecule has 0 rings (SSSR count). The van der Waals surface area contributed by atoms with Crippen LogP contribution in [0.3, 0.4) is 0 Å². The van der Waals surface area contributed by atoms with Crippen molar-refractivity contribution in [2.45, 2.75) is 45.2 Å². The third-order valence-corrected chi connectivity index (χ3v) is 8.05. The van der Waals surface area contributed by atoms with Crippen LogP contribution in [0.1, 0.15) is 6.42 Å². The minimum absolute atomic E-state index is 0.992. The van der Waals surface area contributed by atoms with Crippen LogP contribution in [0, 0.1) is 0 Å².